The van der Waals surface area contributed by atoms with E-state index in [2.05, 4.69) is 26.6 Å². The molecule has 2 N–H and O–H groups in total. The first-order valence-corrected chi connectivity index (χ1v) is 7.58. The van der Waals surface area contributed by atoms with Gasteiger partial charge in [0.15, 0.2) is 0 Å². The highest BCUT2D eigenvalue weighted by molar-refractivity contribution is 8.00. The molecular formula is C16H18N4OS. The Balaban J connectivity index is 2.04. The van der Waals surface area contributed by atoms with Crippen molar-refractivity contribution < 1.29 is 4.79 Å². The average molecular weight is 314 g/mol. The third-order valence-corrected chi connectivity index (χ3v) is 3.50. The SMILES string of the molecule is C=C(C)C(=O)Nc1cccc(SNc2nc(C)cc(C)n2)c1. The summed E-state index contributed by atoms with van der Waals surface area (Å²) in [5, 5.41) is 2.79. The van der Waals surface area contributed by atoms with Gasteiger partial charge in [0.1, 0.15) is 0 Å². The molecule has 1 heterocycles. The second-order valence-corrected chi connectivity index (χ2v) is 5.82. The standard InChI is InChI=1S/C16H18N4OS/c1-10(2)15(21)19-13-6-5-7-14(9-13)22-20-16-17-11(3)8-12(4)18-16/h5-9H,1H2,2-4H3,(H,19,21)(H,17,18,20). The summed E-state index contributed by atoms with van der Waals surface area (Å²) in [5.41, 5.74) is 3.03. The minimum atomic E-state index is -0.187. The van der Waals surface area contributed by atoms with Crippen molar-refractivity contribution in [3.63, 3.8) is 0 Å². The minimum Gasteiger partial charge on any atom is -0.322 e. The van der Waals surface area contributed by atoms with Crippen LogP contribution in [0.5, 0.6) is 0 Å². The Labute approximate surface area is 134 Å². The largest absolute Gasteiger partial charge is 0.322 e. The highest BCUT2D eigenvalue weighted by Crippen LogP contribution is 2.22. The van der Waals surface area contributed by atoms with E-state index in [4.69, 9.17) is 0 Å². The summed E-state index contributed by atoms with van der Waals surface area (Å²) in [7, 11) is 0. The third-order valence-electron chi connectivity index (χ3n) is 2.72. The predicted molar refractivity (Wildman–Crippen MR) is 90.9 cm³/mol. The van der Waals surface area contributed by atoms with Crippen LogP contribution in [0.1, 0.15) is 18.3 Å². The van der Waals surface area contributed by atoms with Gasteiger partial charge in [-0.05, 0) is 57.0 Å². The predicted octanol–water partition coefficient (Wildman–Crippen LogP) is 3.73. The highest BCUT2D eigenvalue weighted by atomic mass is 32.2. The van der Waals surface area contributed by atoms with Crippen LogP contribution in [0.25, 0.3) is 0 Å². The maximum atomic E-state index is 11.6. The molecule has 0 saturated carbocycles. The summed E-state index contributed by atoms with van der Waals surface area (Å²) in [6.07, 6.45) is 0. The molecule has 0 fully saturated rings. The lowest BCUT2D eigenvalue weighted by Crippen LogP contribution is -2.11. The molecule has 5 nitrogen and oxygen atoms in total. The van der Waals surface area contributed by atoms with E-state index in [9.17, 15) is 4.79 Å². The smallest absolute Gasteiger partial charge is 0.250 e. The Morgan fingerprint density at radius 3 is 2.50 bits per heavy atom. The Hall–Kier alpha value is -2.34. The van der Waals surface area contributed by atoms with Gasteiger partial charge in [-0.1, -0.05) is 12.6 Å². The van der Waals surface area contributed by atoms with Crippen molar-refractivity contribution in [1.29, 1.82) is 0 Å². The van der Waals surface area contributed by atoms with Gasteiger partial charge in [-0.25, -0.2) is 9.97 Å². The number of benzene rings is 1. The van der Waals surface area contributed by atoms with Gasteiger partial charge in [0, 0.05) is 27.5 Å². The van der Waals surface area contributed by atoms with E-state index in [0.29, 0.717) is 11.5 Å². The van der Waals surface area contributed by atoms with E-state index in [1.165, 1.54) is 11.9 Å². The third kappa shape index (κ3) is 4.60. The molecule has 1 amide bonds. The highest BCUT2D eigenvalue weighted by Gasteiger charge is 2.04. The molecule has 22 heavy (non-hydrogen) atoms. The Kier molecular flexibility index (Phi) is 5.16. The molecule has 0 aliphatic heterocycles. The molecule has 0 spiro atoms. The molecule has 6 heteroatoms. The number of aromatic nitrogens is 2. The van der Waals surface area contributed by atoms with Crippen LogP contribution in [0.2, 0.25) is 0 Å². The molecule has 0 aliphatic rings. The van der Waals surface area contributed by atoms with Gasteiger partial charge >= 0.3 is 0 Å². The molecule has 1 aromatic carbocycles. The summed E-state index contributed by atoms with van der Waals surface area (Å²) in [6.45, 7) is 9.15. The second-order valence-electron chi connectivity index (χ2n) is 4.94. The van der Waals surface area contributed by atoms with Gasteiger partial charge in [-0.3, -0.25) is 9.52 Å². The number of anilines is 2. The van der Waals surface area contributed by atoms with Crippen molar-refractivity contribution in [3.8, 4) is 0 Å². The summed E-state index contributed by atoms with van der Waals surface area (Å²) in [4.78, 5) is 21.2. The number of carbonyl (C=O) groups excluding carboxylic acids is 1. The molecule has 0 radical (unpaired) electrons. The fraction of sp³-hybridized carbons (Fsp3) is 0.188. The van der Waals surface area contributed by atoms with Crippen molar-refractivity contribution in [2.45, 2.75) is 25.7 Å². The van der Waals surface area contributed by atoms with Gasteiger partial charge in [0.05, 0.1) is 0 Å². The van der Waals surface area contributed by atoms with Crippen LogP contribution < -0.4 is 10.0 Å². The molecule has 0 unspecified atom stereocenters. The zero-order valence-electron chi connectivity index (χ0n) is 12.8. The summed E-state index contributed by atoms with van der Waals surface area (Å²) >= 11 is 1.39. The van der Waals surface area contributed by atoms with Crippen LogP contribution in [0, 0.1) is 13.8 Å². The lowest BCUT2D eigenvalue weighted by atomic mass is 10.3. The van der Waals surface area contributed by atoms with Crippen LogP contribution in [-0.2, 0) is 4.79 Å². The first-order chi connectivity index (χ1) is 10.4. The quantitative estimate of drug-likeness (QED) is 0.650. The average Bonchev–Trinajstić information content (AvgIpc) is 2.44. The fourth-order valence-corrected chi connectivity index (χ4v) is 2.38. The maximum Gasteiger partial charge on any atom is 0.250 e. The topological polar surface area (TPSA) is 66.9 Å². The molecule has 1 aromatic heterocycles. The lowest BCUT2D eigenvalue weighted by Gasteiger charge is -2.08. The van der Waals surface area contributed by atoms with Crippen LogP contribution >= 0.6 is 11.9 Å². The zero-order chi connectivity index (χ0) is 16.1. The monoisotopic (exact) mass is 314 g/mol. The van der Waals surface area contributed by atoms with E-state index >= 15 is 0 Å². The van der Waals surface area contributed by atoms with Crippen molar-refractivity contribution in [2.24, 2.45) is 0 Å². The number of nitrogens with one attached hydrogen (secondary N) is 2. The van der Waals surface area contributed by atoms with Crippen molar-refractivity contribution in [3.05, 3.63) is 53.9 Å². The summed E-state index contributed by atoms with van der Waals surface area (Å²) in [5.74, 6) is 0.381. The molecule has 2 aromatic rings. The van der Waals surface area contributed by atoms with Crippen LogP contribution in [-0.4, -0.2) is 15.9 Å². The number of aryl methyl sites for hydroxylation is 2. The number of amides is 1. The van der Waals surface area contributed by atoms with E-state index in [0.717, 1.165) is 22.0 Å². The summed E-state index contributed by atoms with van der Waals surface area (Å²) < 4.78 is 3.11. The molecule has 0 bridgehead atoms. The fourth-order valence-electron chi connectivity index (χ4n) is 1.75. The van der Waals surface area contributed by atoms with Crippen molar-refractivity contribution in [1.82, 2.24) is 9.97 Å². The van der Waals surface area contributed by atoms with Crippen LogP contribution in [0.15, 0.2) is 47.4 Å². The first kappa shape index (κ1) is 16.0. The van der Waals surface area contributed by atoms with Crippen molar-refractivity contribution >= 4 is 29.5 Å². The Bertz CT molecular complexity index is 695. The van der Waals surface area contributed by atoms with Gasteiger partial charge in [-0.2, -0.15) is 0 Å². The van der Waals surface area contributed by atoms with Crippen LogP contribution in [0.4, 0.5) is 11.6 Å². The zero-order valence-corrected chi connectivity index (χ0v) is 13.6. The normalized spacial score (nSPS) is 10.1. The van der Waals surface area contributed by atoms with Gasteiger partial charge in [0.2, 0.25) is 5.95 Å². The van der Waals surface area contributed by atoms with Crippen LogP contribution in [0.3, 0.4) is 0 Å². The van der Waals surface area contributed by atoms with Crippen molar-refractivity contribution in [2.75, 3.05) is 10.0 Å². The molecule has 114 valence electrons. The van der Waals surface area contributed by atoms with E-state index in [-0.39, 0.29) is 5.91 Å². The lowest BCUT2D eigenvalue weighted by molar-refractivity contribution is -0.112. The van der Waals surface area contributed by atoms with Gasteiger partial charge in [-0.15, -0.1) is 0 Å². The van der Waals surface area contributed by atoms with E-state index in [1.54, 1.807) is 6.92 Å². The molecule has 2 rings (SSSR count). The molecular weight excluding hydrogens is 296 g/mol. The van der Waals surface area contributed by atoms with Gasteiger partial charge < -0.3 is 5.32 Å². The number of carbonyl (C=O) groups is 1. The van der Waals surface area contributed by atoms with Gasteiger partial charge in [0.25, 0.3) is 5.91 Å². The van der Waals surface area contributed by atoms with E-state index < -0.39 is 0 Å². The first-order valence-electron chi connectivity index (χ1n) is 6.76. The maximum absolute atomic E-state index is 11.6. The van der Waals surface area contributed by atoms with E-state index in [1.807, 2.05) is 44.2 Å². The Morgan fingerprint density at radius 2 is 1.86 bits per heavy atom. The minimum absolute atomic E-state index is 0.187. The molecule has 0 aliphatic carbocycles. The molecule has 0 saturated heterocycles. The number of hydrogen-bond donors (Lipinski definition) is 2. The number of hydrogen-bond acceptors (Lipinski definition) is 5. The second kappa shape index (κ2) is 7.09. The number of rotatable bonds is 5. The molecule has 0 atom stereocenters. The Morgan fingerprint density at radius 1 is 1.18 bits per heavy atom. The number of nitrogens with zero attached hydrogens (tertiary/aromatic N) is 2. The summed E-state index contributed by atoms with van der Waals surface area (Å²) in [6, 6.07) is 9.44.